The number of ketones is 1. The number of hydrogen-bond donors (Lipinski definition) is 2. The van der Waals surface area contributed by atoms with Crippen LogP contribution in [0.3, 0.4) is 0 Å². The van der Waals surface area contributed by atoms with E-state index >= 15 is 0 Å². The highest BCUT2D eigenvalue weighted by atomic mass is 16.7. The van der Waals surface area contributed by atoms with Crippen molar-refractivity contribution < 1.29 is 14.3 Å². The van der Waals surface area contributed by atoms with Crippen LogP contribution in [0.25, 0.3) is 10.9 Å². The Balaban J connectivity index is 1.54. The number of Topliss-reactive ketones (excluding diaryl/α,β-unsaturated/α-hetero) is 1. The van der Waals surface area contributed by atoms with E-state index in [1.807, 2.05) is 72.8 Å². The fourth-order valence-corrected chi connectivity index (χ4v) is 3.53. The Bertz CT molecular complexity index is 1150. The summed E-state index contributed by atoms with van der Waals surface area (Å²) >= 11 is 0. The predicted octanol–water partition coefficient (Wildman–Crippen LogP) is 4.93. The molecule has 1 aromatic heterocycles. The molecule has 1 atom stereocenters. The highest BCUT2D eigenvalue weighted by Gasteiger charge is 2.25. The number of aromatic nitrogens is 1. The molecule has 1 aliphatic rings. The third-order valence-corrected chi connectivity index (χ3v) is 4.93. The van der Waals surface area contributed by atoms with Crippen molar-refractivity contribution in [1.29, 1.82) is 0 Å². The largest absolute Gasteiger partial charge is 0.454 e. The van der Waals surface area contributed by atoms with E-state index < -0.39 is 6.04 Å². The van der Waals surface area contributed by atoms with Gasteiger partial charge in [0, 0.05) is 34.4 Å². The number of carbonyl (C=O) groups excluding carboxylic acids is 1. The van der Waals surface area contributed by atoms with Crippen LogP contribution in [0.1, 0.15) is 22.0 Å². The average molecular weight is 370 g/mol. The maximum Gasteiger partial charge on any atom is 0.231 e. The summed E-state index contributed by atoms with van der Waals surface area (Å²) in [7, 11) is 0. The first kappa shape index (κ1) is 16.4. The van der Waals surface area contributed by atoms with Gasteiger partial charge in [0.15, 0.2) is 17.3 Å². The molecule has 5 nitrogen and oxygen atoms in total. The van der Waals surface area contributed by atoms with Crippen molar-refractivity contribution in [2.75, 3.05) is 12.1 Å². The first-order valence-corrected chi connectivity index (χ1v) is 9.11. The van der Waals surface area contributed by atoms with E-state index in [1.165, 1.54) is 0 Å². The van der Waals surface area contributed by atoms with E-state index in [0.29, 0.717) is 17.1 Å². The SMILES string of the molecule is O=C(c1c[nH]c2ccccc12)[C@H](Nc1ccc2c(c1)OCO2)c1ccccc1. The van der Waals surface area contributed by atoms with E-state index in [-0.39, 0.29) is 12.6 Å². The zero-order valence-corrected chi connectivity index (χ0v) is 15.0. The Morgan fingerprint density at radius 3 is 2.61 bits per heavy atom. The molecular weight excluding hydrogens is 352 g/mol. The van der Waals surface area contributed by atoms with Gasteiger partial charge < -0.3 is 19.8 Å². The summed E-state index contributed by atoms with van der Waals surface area (Å²) < 4.78 is 10.8. The third kappa shape index (κ3) is 2.87. The van der Waals surface area contributed by atoms with E-state index in [1.54, 1.807) is 6.20 Å². The molecule has 0 fully saturated rings. The van der Waals surface area contributed by atoms with Crippen LogP contribution < -0.4 is 14.8 Å². The van der Waals surface area contributed by atoms with E-state index in [2.05, 4.69) is 10.3 Å². The van der Waals surface area contributed by atoms with Crippen molar-refractivity contribution in [3.05, 3.63) is 90.1 Å². The van der Waals surface area contributed by atoms with Crippen molar-refractivity contribution in [2.24, 2.45) is 0 Å². The van der Waals surface area contributed by atoms with Crippen LogP contribution in [0.4, 0.5) is 5.69 Å². The van der Waals surface area contributed by atoms with Gasteiger partial charge in [0.1, 0.15) is 6.04 Å². The zero-order valence-electron chi connectivity index (χ0n) is 15.0. The summed E-state index contributed by atoms with van der Waals surface area (Å²) in [5, 5.41) is 4.30. The molecule has 4 aromatic rings. The predicted molar refractivity (Wildman–Crippen MR) is 108 cm³/mol. The molecule has 1 aliphatic heterocycles. The molecule has 0 bridgehead atoms. The van der Waals surface area contributed by atoms with Crippen molar-refractivity contribution in [2.45, 2.75) is 6.04 Å². The molecule has 0 saturated carbocycles. The first-order chi connectivity index (χ1) is 13.8. The molecule has 3 aromatic carbocycles. The Morgan fingerprint density at radius 2 is 1.71 bits per heavy atom. The summed E-state index contributed by atoms with van der Waals surface area (Å²) in [5.74, 6) is 1.39. The lowest BCUT2D eigenvalue weighted by Crippen LogP contribution is -2.21. The molecule has 0 spiro atoms. The van der Waals surface area contributed by atoms with Crippen molar-refractivity contribution in [1.82, 2.24) is 4.98 Å². The number of carbonyl (C=O) groups is 1. The maximum atomic E-state index is 13.5. The second-order valence-electron chi connectivity index (χ2n) is 6.67. The number of H-pyrrole nitrogens is 1. The highest BCUT2D eigenvalue weighted by molar-refractivity contribution is 6.11. The van der Waals surface area contributed by atoms with Gasteiger partial charge >= 0.3 is 0 Å². The van der Waals surface area contributed by atoms with E-state index in [4.69, 9.17) is 9.47 Å². The van der Waals surface area contributed by atoms with Gasteiger partial charge in [0.05, 0.1) is 0 Å². The summed E-state index contributed by atoms with van der Waals surface area (Å²) in [6.45, 7) is 0.217. The number of fused-ring (bicyclic) bond motifs is 2. The van der Waals surface area contributed by atoms with Gasteiger partial charge in [-0.2, -0.15) is 0 Å². The smallest absolute Gasteiger partial charge is 0.231 e. The van der Waals surface area contributed by atoms with E-state index in [0.717, 1.165) is 22.2 Å². The molecule has 0 unspecified atom stereocenters. The van der Waals surface area contributed by atoms with Crippen LogP contribution in [0.15, 0.2) is 79.0 Å². The lowest BCUT2D eigenvalue weighted by Gasteiger charge is -2.19. The highest BCUT2D eigenvalue weighted by Crippen LogP contribution is 2.36. The Morgan fingerprint density at radius 1 is 0.929 bits per heavy atom. The van der Waals surface area contributed by atoms with Gasteiger partial charge in [0.2, 0.25) is 6.79 Å². The van der Waals surface area contributed by atoms with Gasteiger partial charge in [-0.3, -0.25) is 4.79 Å². The summed E-state index contributed by atoms with van der Waals surface area (Å²) in [6, 6.07) is 22.6. The minimum Gasteiger partial charge on any atom is -0.454 e. The topological polar surface area (TPSA) is 63.4 Å². The van der Waals surface area contributed by atoms with Crippen LogP contribution in [0, 0.1) is 0 Å². The van der Waals surface area contributed by atoms with Crippen LogP contribution in [0.2, 0.25) is 0 Å². The standard InChI is InChI=1S/C23H18N2O3/c26-23(18-13-24-19-9-5-4-8-17(18)19)22(15-6-2-1-3-7-15)25-16-10-11-20-21(12-16)28-14-27-20/h1-13,22,24-25H,14H2/t22-/m1/s1. The van der Waals surface area contributed by atoms with Gasteiger partial charge in [-0.1, -0.05) is 48.5 Å². The van der Waals surface area contributed by atoms with E-state index in [9.17, 15) is 4.79 Å². The van der Waals surface area contributed by atoms with Crippen LogP contribution in [0.5, 0.6) is 11.5 Å². The van der Waals surface area contributed by atoms with Gasteiger partial charge in [-0.25, -0.2) is 0 Å². The fourth-order valence-electron chi connectivity index (χ4n) is 3.53. The quantitative estimate of drug-likeness (QED) is 0.489. The number of anilines is 1. The number of para-hydroxylation sites is 1. The first-order valence-electron chi connectivity index (χ1n) is 9.11. The molecular formula is C23H18N2O3. The average Bonchev–Trinajstić information content (AvgIpc) is 3.38. The number of nitrogens with one attached hydrogen (secondary N) is 2. The molecule has 5 heteroatoms. The maximum absolute atomic E-state index is 13.5. The van der Waals surface area contributed by atoms with Crippen LogP contribution in [-0.2, 0) is 0 Å². The van der Waals surface area contributed by atoms with Crippen molar-refractivity contribution in [3.8, 4) is 11.5 Å². The molecule has 0 radical (unpaired) electrons. The molecule has 0 amide bonds. The molecule has 2 N–H and O–H groups in total. The van der Waals surface area contributed by atoms with Gasteiger partial charge in [-0.15, -0.1) is 0 Å². The molecule has 0 aliphatic carbocycles. The Kier molecular flexibility index (Phi) is 3.98. The summed E-state index contributed by atoms with van der Waals surface area (Å²) in [6.07, 6.45) is 1.78. The minimum absolute atomic E-state index is 0.00122. The lowest BCUT2D eigenvalue weighted by molar-refractivity contribution is 0.0971. The second-order valence-corrected chi connectivity index (χ2v) is 6.67. The normalized spacial score (nSPS) is 13.4. The van der Waals surface area contributed by atoms with Gasteiger partial charge in [0.25, 0.3) is 0 Å². The third-order valence-electron chi connectivity index (χ3n) is 4.93. The minimum atomic E-state index is -0.527. The molecule has 138 valence electrons. The van der Waals surface area contributed by atoms with Crippen LogP contribution >= 0.6 is 0 Å². The molecule has 2 heterocycles. The van der Waals surface area contributed by atoms with Crippen LogP contribution in [-0.4, -0.2) is 17.6 Å². The number of ether oxygens (including phenoxy) is 2. The number of rotatable bonds is 5. The molecule has 28 heavy (non-hydrogen) atoms. The Hall–Kier alpha value is -3.73. The number of benzene rings is 3. The second kappa shape index (κ2) is 6.78. The number of hydrogen-bond acceptors (Lipinski definition) is 4. The fraction of sp³-hybridized carbons (Fsp3) is 0.0870. The monoisotopic (exact) mass is 370 g/mol. The lowest BCUT2D eigenvalue weighted by atomic mass is 9.96. The zero-order chi connectivity index (χ0) is 18.9. The molecule has 0 saturated heterocycles. The number of aromatic amines is 1. The summed E-state index contributed by atoms with van der Waals surface area (Å²) in [4.78, 5) is 16.7. The summed E-state index contributed by atoms with van der Waals surface area (Å²) in [5.41, 5.74) is 3.31. The Labute approximate surface area is 161 Å². The van der Waals surface area contributed by atoms with Gasteiger partial charge in [-0.05, 0) is 23.8 Å². The van der Waals surface area contributed by atoms with Crippen molar-refractivity contribution >= 4 is 22.4 Å². The molecule has 5 rings (SSSR count). The van der Waals surface area contributed by atoms with Crippen molar-refractivity contribution in [3.63, 3.8) is 0 Å².